The highest BCUT2D eigenvalue weighted by Crippen LogP contribution is 2.35. The summed E-state index contributed by atoms with van der Waals surface area (Å²) in [7, 11) is 1.66. The molecule has 0 fully saturated rings. The second kappa shape index (κ2) is 8.05. The first-order valence-electron chi connectivity index (χ1n) is 8.93. The zero-order valence-corrected chi connectivity index (χ0v) is 18.0. The van der Waals surface area contributed by atoms with Gasteiger partial charge < -0.3 is 14.5 Å². The van der Waals surface area contributed by atoms with Gasteiger partial charge in [0.2, 0.25) is 5.82 Å². The maximum Gasteiger partial charge on any atom is 0.316 e. The molecule has 1 heterocycles. The fourth-order valence-electron chi connectivity index (χ4n) is 2.74. The van der Waals surface area contributed by atoms with E-state index >= 15 is 0 Å². The van der Waals surface area contributed by atoms with Gasteiger partial charge in [-0.15, -0.1) is 0 Å². The van der Waals surface area contributed by atoms with E-state index < -0.39 is 5.91 Å². The SMILES string of the molecule is CN(Cc1ccc(C(C)(C)C)cc1)C(=O)c1nc(-c2cc(Cl)c(O)c(Cl)c2)no1. The first-order chi connectivity index (χ1) is 13.6. The molecule has 1 amide bonds. The lowest BCUT2D eigenvalue weighted by molar-refractivity contribution is 0.0735. The van der Waals surface area contributed by atoms with Crippen molar-refractivity contribution < 1.29 is 14.4 Å². The number of amides is 1. The molecule has 0 atom stereocenters. The number of phenolic OH excluding ortho intramolecular Hbond substituents is 1. The van der Waals surface area contributed by atoms with Crippen molar-refractivity contribution in [2.45, 2.75) is 32.7 Å². The molecule has 0 aliphatic rings. The van der Waals surface area contributed by atoms with Gasteiger partial charge in [-0.25, -0.2) is 0 Å². The molecule has 0 unspecified atom stereocenters. The number of aromatic nitrogens is 2. The lowest BCUT2D eigenvalue weighted by Crippen LogP contribution is -2.26. The van der Waals surface area contributed by atoms with Gasteiger partial charge in [0.25, 0.3) is 0 Å². The number of carbonyl (C=O) groups is 1. The van der Waals surface area contributed by atoms with Gasteiger partial charge in [0, 0.05) is 19.2 Å². The summed E-state index contributed by atoms with van der Waals surface area (Å²) in [5.41, 5.74) is 2.72. The summed E-state index contributed by atoms with van der Waals surface area (Å²) in [5.74, 6) is -0.622. The van der Waals surface area contributed by atoms with Crippen LogP contribution < -0.4 is 0 Å². The predicted octanol–water partition coefficient (Wildman–Crippen LogP) is 5.32. The zero-order valence-electron chi connectivity index (χ0n) is 16.5. The summed E-state index contributed by atoms with van der Waals surface area (Å²) in [6, 6.07) is 11.0. The second-order valence-electron chi connectivity index (χ2n) is 7.82. The molecular weight excluding hydrogens is 413 g/mol. The highest BCUT2D eigenvalue weighted by molar-refractivity contribution is 6.37. The number of carbonyl (C=O) groups excluding carboxylic acids is 1. The van der Waals surface area contributed by atoms with Crippen molar-refractivity contribution in [3.05, 3.63) is 63.5 Å². The van der Waals surface area contributed by atoms with E-state index in [9.17, 15) is 9.90 Å². The Morgan fingerprint density at radius 2 is 1.72 bits per heavy atom. The van der Waals surface area contributed by atoms with E-state index in [4.69, 9.17) is 27.7 Å². The molecule has 1 N–H and O–H groups in total. The molecule has 3 rings (SSSR count). The van der Waals surface area contributed by atoms with E-state index in [1.165, 1.54) is 22.6 Å². The lowest BCUT2D eigenvalue weighted by atomic mass is 9.87. The van der Waals surface area contributed by atoms with Gasteiger partial charge in [-0.05, 0) is 28.7 Å². The fraction of sp³-hybridized carbons (Fsp3) is 0.286. The van der Waals surface area contributed by atoms with Crippen molar-refractivity contribution in [2.75, 3.05) is 7.05 Å². The Balaban J connectivity index is 1.74. The van der Waals surface area contributed by atoms with E-state index in [0.29, 0.717) is 12.1 Å². The third-order valence-corrected chi connectivity index (χ3v) is 5.05. The number of rotatable bonds is 4. The summed E-state index contributed by atoms with van der Waals surface area (Å²) >= 11 is 11.8. The Morgan fingerprint density at radius 3 is 2.28 bits per heavy atom. The average molecular weight is 434 g/mol. The summed E-state index contributed by atoms with van der Waals surface area (Å²) in [4.78, 5) is 18.3. The van der Waals surface area contributed by atoms with Crippen LogP contribution in [-0.2, 0) is 12.0 Å². The summed E-state index contributed by atoms with van der Waals surface area (Å²) in [5, 5.41) is 13.6. The minimum Gasteiger partial charge on any atom is -0.505 e. The van der Waals surface area contributed by atoms with Crippen molar-refractivity contribution in [1.82, 2.24) is 15.0 Å². The largest absolute Gasteiger partial charge is 0.505 e. The Morgan fingerprint density at radius 1 is 1.14 bits per heavy atom. The number of benzene rings is 2. The van der Waals surface area contributed by atoms with Crippen LogP contribution >= 0.6 is 23.2 Å². The first kappa shape index (κ1) is 21.1. The van der Waals surface area contributed by atoms with Crippen LogP contribution in [-0.4, -0.2) is 33.1 Å². The number of hydrogen-bond acceptors (Lipinski definition) is 5. The van der Waals surface area contributed by atoms with Crippen LogP contribution in [0.2, 0.25) is 10.0 Å². The molecular formula is C21H21Cl2N3O3. The van der Waals surface area contributed by atoms with Crippen molar-refractivity contribution in [1.29, 1.82) is 0 Å². The summed E-state index contributed by atoms with van der Waals surface area (Å²) in [6.45, 7) is 6.86. The van der Waals surface area contributed by atoms with Crippen LogP contribution in [0.3, 0.4) is 0 Å². The van der Waals surface area contributed by atoms with E-state index in [1.807, 2.05) is 12.1 Å². The van der Waals surface area contributed by atoms with Crippen LogP contribution in [0.5, 0.6) is 5.75 Å². The Bertz CT molecular complexity index is 1020. The van der Waals surface area contributed by atoms with Crippen molar-refractivity contribution in [3.63, 3.8) is 0 Å². The monoisotopic (exact) mass is 433 g/mol. The summed E-state index contributed by atoms with van der Waals surface area (Å²) < 4.78 is 5.11. The van der Waals surface area contributed by atoms with Gasteiger partial charge in [-0.1, -0.05) is 73.4 Å². The molecule has 152 valence electrons. The van der Waals surface area contributed by atoms with Gasteiger partial charge >= 0.3 is 11.8 Å². The smallest absolute Gasteiger partial charge is 0.316 e. The van der Waals surface area contributed by atoms with E-state index in [2.05, 4.69) is 43.0 Å². The molecule has 2 aromatic carbocycles. The third kappa shape index (κ3) is 4.71. The fourth-order valence-corrected chi connectivity index (χ4v) is 3.23. The van der Waals surface area contributed by atoms with Gasteiger partial charge in [0.15, 0.2) is 5.75 Å². The molecule has 29 heavy (non-hydrogen) atoms. The maximum absolute atomic E-state index is 12.6. The molecule has 0 saturated carbocycles. The first-order valence-corrected chi connectivity index (χ1v) is 9.69. The quantitative estimate of drug-likeness (QED) is 0.601. The molecule has 0 aliphatic heterocycles. The highest BCUT2D eigenvalue weighted by Gasteiger charge is 2.21. The number of hydrogen-bond donors (Lipinski definition) is 1. The molecule has 0 saturated heterocycles. The van der Waals surface area contributed by atoms with Crippen molar-refractivity contribution in [3.8, 4) is 17.1 Å². The standard InChI is InChI=1S/C21H21Cl2N3O3/c1-21(2,3)14-7-5-12(6-8-14)11-26(4)20(28)19-24-18(25-29-19)13-9-15(22)17(27)16(23)10-13/h5-10,27H,11H2,1-4H3. The Hall–Kier alpha value is -2.57. The Kier molecular flexibility index (Phi) is 5.87. The topological polar surface area (TPSA) is 79.5 Å². The van der Waals surface area contributed by atoms with Crippen molar-refractivity contribution >= 4 is 29.1 Å². The van der Waals surface area contributed by atoms with Crippen LogP contribution in [0.25, 0.3) is 11.4 Å². The van der Waals surface area contributed by atoms with Crippen LogP contribution in [0.1, 0.15) is 42.6 Å². The van der Waals surface area contributed by atoms with Crippen LogP contribution in [0, 0.1) is 0 Å². The van der Waals surface area contributed by atoms with E-state index in [1.54, 1.807) is 7.05 Å². The number of phenols is 1. The molecule has 0 aliphatic carbocycles. The van der Waals surface area contributed by atoms with Gasteiger partial charge in [-0.3, -0.25) is 4.79 Å². The molecule has 0 bridgehead atoms. The summed E-state index contributed by atoms with van der Waals surface area (Å²) in [6.07, 6.45) is 0. The Labute approximate surface area is 179 Å². The van der Waals surface area contributed by atoms with Gasteiger partial charge in [0.1, 0.15) is 0 Å². The zero-order chi connectivity index (χ0) is 21.3. The highest BCUT2D eigenvalue weighted by atomic mass is 35.5. The van der Waals surface area contributed by atoms with E-state index in [-0.39, 0.29) is 32.9 Å². The normalized spacial score (nSPS) is 11.5. The number of halogens is 2. The van der Waals surface area contributed by atoms with Crippen LogP contribution in [0.4, 0.5) is 0 Å². The molecule has 1 aromatic heterocycles. The van der Waals surface area contributed by atoms with Gasteiger partial charge in [-0.2, -0.15) is 4.98 Å². The number of aromatic hydroxyl groups is 1. The second-order valence-corrected chi connectivity index (χ2v) is 8.63. The predicted molar refractivity (Wildman–Crippen MR) is 112 cm³/mol. The van der Waals surface area contributed by atoms with Crippen molar-refractivity contribution in [2.24, 2.45) is 0 Å². The van der Waals surface area contributed by atoms with E-state index in [0.717, 1.165) is 5.56 Å². The van der Waals surface area contributed by atoms with Crippen LogP contribution in [0.15, 0.2) is 40.9 Å². The molecule has 0 spiro atoms. The third-order valence-electron chi connectivity index (χ3n) is 4.47. The maximum atomic E-state index is 12.6. The molecule has 6 nitrogen and oxygen atoms in total. The molecule has 3 aromatic rings. The average Bonchev–Trinajstić information content (AvgIpc) is 3.15. The van der Waals surface area contributed by atoms with Gasteiger partial charge in [0.05, 0.1) is 10.0 Å². The minimum atomic E-state index is -0.403. The lowest BCUT2D eigenvalue weighted by Gasteiger charge is -2.20. The molecule has 8 heteroatoms. The minimum absolute atomic E-state index is 0.0565. The molecule has 0 radical (unpaired) electrons. The number of nitrogens with zero attached hydrogens (tertiary/aromatic N) is 3.